The van der Waals surface area contributed by atoms with Crippen LogP contribution in [0.3, 0.4) is 0 Å². The molecule has 2 heterocycles. The van der Waals surface area contributed by atoms with Crippen molar-refractivity contribution < 1.29 is 4.52 Å². The van der Waals surface area contributed by atoms with Crippen LogP contribution in [0.5, 0.6) is 0 Å². The molecule has 0 fully saturated rings. The fraction of sp³-hybridized carbons (Fsp3) is 0.154. The number of hydrogen-bond acceptors (Lipinski definition) is 3. The highest BCUT2D eigenvalue weighted by molar-refractivity contribution is 5.92. The van der Waals surface area contributed by atoms with Gasteiger partial charge in [0, 0.05) is 11.4 Å². The van der Waals surface area contributed by atoms with Gasteiger partial charge < -0.3 is 10.3 Å². The molecule has 1 aromatic carbocycles. The van der Waals surface area contributed by atoms with Crippen molar-refractivity contribution in [2.45, 2.75) is 13.8 Å². The standard InChI is InChI=1S/C13H13N3O/c1-8-6-7-9(2)16(8)13-10-4-3-5-11(14)12(10)17-15-13/h3-7H,14H2,1-2H3. The number of fused-ring (bicyclic) bond motifs is 1. The van der Waals surface area contributed by atoms with Gasteiger partial charge in [-0.05, 0) is 38.1 Å². The second-order valence-electron chi connectivity index (χ2n) is 4.18. The highest BCUT2D eigenvalue weighted by Gasteiger charge is 2.14. The van der Waals surface area contributed by atoms with Gasteiger partial charge in [-0.3, -0.25) is 4.57 Å². The van der Waals surface area contributed by atoms with Crippen LogP contribution in [0.1, 0.15) is 11.4 Å². The molecule has 4 nitrogen and oxygen atoms in total. The Balaban J connectivity index is 2.36. The molecule has 3 rings (SSSR count). The third-order valence-electron chi connectivity index (χ3n) is 2.99. The number of nitrogens with two attached hydrogens (primary N) is 1. The molecule has 0 aliphatic carbocycles. The van der Waals surface area contributed by atoms with Crippen LogP contribution in [0.4, 0.5) is 5.69 Å². The summed E-state index contributed by atoms with van der Waals surface area (Å²) < 4.78 is 7.38. The third kappa shape index (κ3) is 1.34. The van der Waals surface area contributed by atoms with Gasteiger partial charge in [0.2, 0.25) is 0 Å². The molecular formula is C13H13N3O. The Morgan fingerprint density at radius 2 is 1.82 bits per heavy atom. The van der Waals surface area contributed by atoms with E-state index < -0.39 is 0 Å². The number of anilines is 1. The van der Waals surface area contributed by atoms with E-state index in [1.165, 1.54) is 0 Å². The number of aryl methyl sites for hydroxylation is 2. The monoisotopic (exact) mass is 227 g/mol. The number of hydrogen-bond donors (Lipinski definition) is 1. The summed E-state index contributed by atoms with van der Waals surface area (Å²) in [6, 6.07) is 9.81. The molecule has 0 aliphatic rings. The lowest BCUT2D eigenvalue weighted by molar-refractivity contribution is 0.452. The van der Waals surface area contributed by atoms with Crippen LogP contribution < -0.4 is 5.73 Å². The zero-order valence-electron chi connectivity index (χ0n) is 9.77. The Morgan fingerprint density at radius 3 is 2.53 bits per heavy atom. The van der Waals surface area contributed by atoms with E-state index in [1.807, 2.05) is 32.0 Å². The SMILES string of the molecule is Cc1ccc(C)n1-c1noc2c(N)cccc12. The van der Waals surface area contributed by atoms with Crippen molar-refractivity contribution in [1.82, 2.24) is 9.72 Å². The van der Waals surface area contributed by atoms with Crippen molar-refractivity contribution in [1.29, 1.82) is 0 Å². The minimum atomic E-state index is 0.615. The zero-order valence-corrected chi connectivity index (χ0v) is 9.77. The molecule has 0 aliphatic heterocycles. The summed E-state index contributed by atoms with van der Waals surface area (Å²) in [5.74, 6) is 0.798. The summed E-state index contributed by atoms with van der Waals surface area (Å²) in [4.78, 5) is 0. The van der Waals surface area contributed by atoms with E-state index in [0.29, 0.717) is 11.3 Å². The summed E-state index contributed by atoms with van der Waals surface area (Å²) in [5, 5.41) is 5.07. The molecule has 4 heteroatoms. The molecular weight excluding hydrogens is 214 g/mol. The zero-order chi connectivity index (χ0) is 12.0. The van der Waals surface area contributed by atoms with E-state index in [0.717, 1.165) is 22.6 Å². The van der Waals surface area contributed by atoms with Crippen molar-refractivity contribution in [3.05, 3.63) is 41.7 Å². The van der Waals surface area contributed by atoms with Gasteiger partial charge in [-0.2, -0.15) is 0 Å². The number of para-hydroxylation sites is 1. The summed E-state index contributed by atoms with van der Waals surface area (Å²) in [6.07, 6.45) is 0. The first-order chi connectivity index (χ1) is 8.18. The number of nitrogens with zero attached hydrogens (tertiary/aromatic N) is 2. The summed E-state index contributed by atoms with van der Waals surface area (Å²) >= 11 is 0. The minimum Gasteiger partial charge on any atom is -0.396 e. The number of rotatable bonds is 1. The van der Waals surface area contributed by atoms with Gasteiger partial charge in [0.05, 0.1) is 11.1 Å². The lowest BCUT2D eigenvalue weighted by Crippen LogP contribution is -1.99. The first kappa shape index (κ1) is 9.96. The van der Waals surface area contributed by atoms with Gasteiger partial charge in [-0.1, -0.05) is 11.2 Å². The second-order valence-corrected chi connectivity index (χ2v) is 4.18. The molecule has 0 spiro atoms. The number of benzene rings is 1. The molecule has 86 valence electrons. The van der Waals surface area contributed by atoms with E-state index in [1.54, 1.807) is 0 Å². The molecule has 0 saturated carbocycles. The maximum Gasteiger partial charge on any atom is 0.191 e. The molecule has 0 unspecified atom stereocenters. The number of nitrogen functional groups attached to an aromatic ring is 1. The molecule has 2 N–H and O–H groups in total. The largest absolute Gasteiger partial charge is 0.396 e. The lowest BCUT2D eigenvalue weighted by atomic mass is 10.2. The van der Waals surface area contributed by atoms with E-state index in [-0.39, 0.29) is 0 Å². The summed E-state index contributed by atoms with van der Waals surface area (Å²) in [6.45, 7) is 4.08. The molecule has 3 aromatic rings. The topological polar surface area (TPSA) is 57.0 Å². The summed E-state index contributed by atoms with van der Waals surface area (Å²) in [5.41, 5.74) is 9.37. The Morgan fingerprint density at radius 1 is 1.12 bits per heavy atom. The minimum absolute atomic E-state index is 0.615. The Kier molecular flexibility index (Phi) is 1.98. The predicted octanol–water partition coefficient (Wildman–Crippen LogP) is 2.82. The normalized spacial score (nSPS) is 11.2. The molecule has 17 heavy (non-hydrogen) atoms. The molecule has 0 atom stereocenters. The van der Waals surface area contributed by atoms with Crippen LogP contribution in [0, 0.1) is 13.8 Å². The van der Waals surface area contributed by atoms with Gasteiger partial charge in [-0.15, -0.1) is 0 Å². The highest BCUT2D eigenvalue weighted by Crippen LogP contribution is 2.28. The average molecular weight is 227 g/mol. The molecule has 2 aromatic heterocycles. The number of aromatic nitrogens is 2. The van der Waals surface area contributed by atoms with Crippen LogP contribution in [0.15, 0.2) is 34.9 Å². The fourth-order valence-electron chi connectivity index (χ4n) is 2.13. The summed E-state index contributed by atoms with van der Waals surface area (Å²) in [7, 11) is 0. The van der Waals surface area contributed by atoms with Crippen LogP contribution in [-0.4, -0.2) is 9.72 Å². The smallest absolute Gasteiger partial charge is 0.191 e. The lowest BCUT2D eigenvalue weighted by Gasteiger charge is -2.04. The first-order valence-electron chi connectivity index (χ1n) is 5.47. The van der Waals surface area contributed by atoms with Gasteiger partial charge in [-0.25, -0.2) is 0 Å². The quantitative estimate of drug-likeness (QED) is 0.650. The van der Waals surface area contributed by atoms with Crippen LogP contribution in [0.2, 0.25) is 0 Å². The van der Waals surface area contributed by atoms with Crippen molar-refractivity contribution >= 4 is 16.7 Å². The van der Waals surface area contributed by atoms with Crippen molar-refractivity contribution in [3.8, 4) is 5.82 Å². The van der Waals surface area contributed by atoms with Gasteiger partial charge in [0.25, 0.3) is 0 Å². The second kappa shape index (κ2) is 3.38. The van der Waals surface area contributed by atoms with Crippen molar-refractivity contribution in [2.24, 2.45) is 0 Å². The molecule has 0 radical (unpaired) electrons. The van der Waals surface area contributed by atoms with Crippen molar-refractivity contribution in [3.63, 3.8) is 0 Å². The van der Waals surface area contributed by atoms with E-state index in [4.69, 9.17) is 10.3 Å². The van der Waals surface area contributed by atoms with Crippen molar-refractivity contribution in [2.75, 3.05) is 5.73 Å². The highest BCUT2D eigenvalue weighted by atomic mass is 16.5. The van der Waals surface area contributed by atoms with E-state index in [2.05, 4.69) is 21.9 Å². The molecule has 0 amide bonds. The Labute approximate surface area is 98.6 Å². The Bertz CT molecular complexity index is 674. The maximum atomic E-state index is 5.86. The average Bonchev–Trinajstić information content (AvgIpc) is 2.84. The molecule has 0 saturated heterocycles. The van der Waals surface area contributed by atoms with E-state index >= 15 is 0 Å². The first-order valence-corrected chi connectivity index (χ1v) is 5.47. The van der Waals surface area contributed by atoms with Gasteiger partial charge >= 0.3 is 0 Å². The fourth-order valence-corrected chi connectivity index (χ4v) is 2.13. The Hall–Kier alpha value is -2.23. The van der Waals surface area contributed by atoms with Gasteiger partial charge in [0.1, 0.15) is 0 Å². The molecule has 0 bridgehead atoms. The van der Waals surface area contributed by atoms with Crippen LogP contribution in [0.25, 0.3) is 16.8 Å². The van der Waals surface area contributed by atoms with Crippen LogP contribution >= 0.6 is 0 Å². The van der Waals surface area contributed by atoms with E-state index in [9.17, 15) is 0 Å². The maximum absolute atomic E-state index is 5.86. The predicted molar refractivity (Wildman–Crippen MR) is 67.2 cm³/mol. The van der Waals surface area contributed by atoms with Gasteiger partial charge in [0.15, 0.2) is 11.4 Å². The third-order valence-corrected chi connectivity index (χ3v) is 2.99. The van der Waals surface area contributed by atoms with Crippen LogP contribution in [-0.2, 0) is 0 Å².